The van der Waals surface area contributed by atoms with Crippen LogP contribution in [0.3, 0.4) is 0 Å². The van der Waals surface area contributed by atoms with Gasteiger partial charge in [-0.05, 0) is 33.1 Å². The van der Waals surface area contributed by atoms with Gasteiger partial charge in [0, 0.05) is 6.04 Å². The summed E-state index contributed by atoms with van der Waals surface area (Å²) < 4.78 is 0. The summed E-state index contributed by atoms with van der Waals surface area (Å²) in [6, 6.07) is -0.127. The van der Waals surface area contributed by atoms with Crippen molar-refractivity contribution in [3.8, 4) is 0 Å². The molecule has 0 unspecified atom stereocenters. The highest BCUT2D eigenvalue weighted by Gasteiger charge is 2.12. The van der Waals surface area contributed by atoms with E-state index in [1.54, 1.807) is 13.8 Å². The number of aliphatic hydroxyl groups excluding tert-OH is 1. The van der Waals surface area contributed by atoms with Crippen molar-refractivity contribution in [2.24, 2.45) is 5.73 Å². The molecule has 0 saturated carbocycles. The van der Waals surface area contributed by atoms with Gasteiger partial charge in [-0.15, -0.1) is 0 Å². The summed E-state index contributed by atoms with van der Waals surface area (Å²) in [5, 5.41) is 17.9. The fraction of sp³-hybridized carbons (Fsp3) is 1.00. The van der Waals surface area contributed by atoms with Gasteiger partial charge in [0.05, 0.1) is 12.2 Å². The molecule has 0 aromatic heterocycles. The van der Waals surface area contributed by atoms with Gasteiger partial charge in [0.2, 0.25) is 0 Å². The van der Waals surface area contributed by atoms with Gasteiger partial charge >= 0.3 is 0 Å². The molecular weight excluding hydrogens is 142 g/mol. The molecule has 68 valence electrons. The molecule has 0 fully saturated rings. The van der Waals surface area contributed by atoms with Crippen molar-refractivity contribution in [3.05, 3.63) is 0 Å². The van der Waals surface area contributed by atoms with Crippen molar-refractivity contribution >= 4 is 0 Å². The molecule has 3 heteroatoms. The highest BCUT2D eigenvalue weighted by atomic mass is 16.3. The number of aliphatic hydroxyl groups is 2. The van der Waals surface area contributed by atoms with E-state index >= 15 is 0 Å². The van der Waals surface area contributed by atoms with Crippen LogP contribution >= 0.6 is 0 Å². The van der Waals surface area contributed by atoms with Crippen LogP contribution in [0.25, 0.3) is 0 Å². The lowest BCUT2D eigenvalue weighted by atomic mass is 10.00. The van der Waals surface area contributed by atoms with Gasteiger partial charge in [0.25, 0.3) is 0 Å². The summed E-state index contributed by atoms with van der Waals surface area (Å²) in [4.78, 5) is 0. The van der Waals surface area contributed by atoms with Crippen molar-refractivity contribution < 1.29 is 10.2 Å². The van der Waals surface area contributed by atoms with Crippen LogP contribution in [0.1, 0.15) is 33.1 Å². The van der Waals surface area contributed by atoms with Gasteiger partial charge in [0.1, 0.15) is 0 Å². The molecule has 0 amide bonds. The van der Waals surface area contributed by atoms with E-state index in [0.717, 1.165) is 19.3 Å². The fourth-order valence-electron chi connectivity index (χ4n) is 0.888. The second kappa shape index (κ2) is 4.70. The number of hydrogen-bond donors (Lipinski definition) is 3. The van der Waals surface area contributed by atoms with Crippen LogP contribution < -0.4 is 5.73 Å². The van der Waals surface area contributed by atoms with Crippen LogP contribution in [0, 0.1) is 0 Å². The van der Waals surface area contributed by atoms with E-state index < -0.39 is 5.60 Å². The predicted octanol–water partition coefficient (Wildman–Crippen LogP) is 0.247. The molecule has 11 heavy (non-hydrogen) atoms. The molecule has 1 atom stereocenters. The molecule has 0 aliphatic rings. The minimum absolute atomic E-state index is 0.0336. The van der Waals surface area contributed by atoms with Crippen LogP contribution in [-0.4, -0.2) is 28.5 Å². The summed E-state index contributed by atoms with van der Waals surface area (Å²) >= 11 is 0. The lowest BCUT2D eigenvalue weighted by Gasteiger charge is -2.17. The molecule has 0 aromatic rings. The predicted molar refractivity (Wildman–Crippen MR) is 45.2 cm³/mol. The third-order valence-corrected chi connectivity index (χ3v) is 1.60. The maximum Gasteiger partial charge on any atom is 0.0591 e. The molecule has 4 N–H and O–H groups in total. The van der Waals surface area contributed by atoms with Crippen molar-refractivity contribution in [3.63, 3.8) is 0 Å². The van der Waals surface area contributed by atoms with E-state index in [1.165, 1.54) is 0 Å². The average Bonchev–Trinajstić information content (AvgIpc) is 1.85. The highest BCUT2D eigenvalue weighted by molar-refractivity contribution is 4.67. The minimum atomic E-state index is -0.602. The molecule has 3 nitrogen and oxygen atoms in total. The van der Waals surface area contributed by atoms with Gasteiger partial charge in [-0.2, -0.15) is 0 Å². The average molecular weight is 161 g/mol. The first-order valence-corrected chi connectivity index (χ1v) is 4.04. The van der Waals surface area contributed by atoms with Crippen LogP contribution in [0.5, 0.6) is 0 Å². The normalized spacial score (nSPS) is 15.0. The highest BCUT2D eigenvalue weighted by Crippen LogP contribution is 2.12. The van der Waals surface area contributed by atoms with Crippen molar-refractivity contribution in [1.82, 2.24) is 0 Å². The topological polar surface area (TPSA) is 66.5 Å². The quantitative estimate of drug-likeness (QED) is 0.541. The molecule has 0 rings (SSSR count). The zero-order chi connectivity index (χ0) is 8.91. The van der Waals surface area contributed by atoms with Crippen molar-refractivity contribution in [2.45, 2.75) is 44.8 Å². The van der Waals surface area contributed by atoms with Crippen LogP contribution in [-0.2, 0) is 0 Å². The Balaban J connectivity index is 3.28. The van der Waals surface area contributed by atoms with E-state index in [4.69, 9.17) is 10.8 Å². The third kappa shape index (κ3) is 7.78. The molecule has 0 bridgehead atoms. The Labute approximate surface area is 68.2 Å². The van der Waals surface area contributed by atoms with Gasteiger partial charge in [-0.1, -0.05) is 0 Å². The number of nitrogens with two attached hydrogens (primary N) is 1. The van der Waals surface area contributed by atoms with Crippen molar-refractivity contribution in [1.29, 1.82) is 0 Å². The fourth-order valence-corrected chi connectivity index (χ4v) is 0.888. The first kappa shape index (κ1) is 10.9. The Morgan fingerprint density at radius 3 is 2.36 bits per heavy atom. The van der Waals surface area contributed by atoms with E-state index in [0.29, 0.717) is 0 Å². The summed E-state index contributed by atoms with van der Waals surface area (Å²) in [5.74, 6) is 0. The molecule has 0 aliphatic carbocycles. The summed E-state index contributed by atoms with van der Waals surface area (Å²) in [7, 11) is 0. The van der Waals surface area contributed by atoms with Crippen LogP contribution in [0.2, 0.25) is 0 Å². The van der Waals surface area contributed by atoms with E-state index in [2.05, 4.69) is 0 Å². The summed E-state index contributed by atoms with van der Waals surface area (Å²) in [6.45, 7) is 3.58. The maximum absolute atomic E-state index is 9.30. The lowest BCUT2D eigenvalue weighted by Crippen LogP contribution is -2.25. The van der Waals surface area contributed by atoms with E-state index in [1.807, 2.05) is 0 Å². The third-order valence-electron chi connectivity index (χ3n) is 1.60. The van der Waals surface area contributed by atoms with Gasteiger partial charge in [0.15, 0.2) is 0 Å². The number of hydrogen-bond acceptors (Lipinski definition) is 3. The van der Waals surface area contributed by atoms with E-state index in [9.17, 15) is 5.11 Å². The van der Waals surface area contributed by atoms with Gasteiger partial charge < -0.3 is 15.9 Å². The molecule has 0 radical (unpaired) electrons. The van der Waals surface area contributed by atoms with Crippen LogP contribution in [0.4, 0.5) is 0 Å². The Kier molecular flexibility index (Phi) is 4.65. The summed E-state index contributed by atoms with van der Waals surface area (Å²) in [5.41, 5.74) is 4.87. The number of rotatable bonds is 5. The maximum atomic E-state index is 9.30. The van der Waals surface area contributed by atoms with E-state index in [-0.39, 0.29) is 12.6 Å². The Morgan fingerprint density at radius 2 is 2.00 bits per heavy atom. The van der Waals surface area contributed by atoms with Crippen molar-refractivity contribution in [2.75, 3.05) is 6.61 Å². The molecule has 0 spiro atoms. The van der Waals surface area contributed by atoms with Gasteiger partial charge in [-0.25, -0.2) is 0 Å². The molecular formula is C8H19NO2. The minimum Gasteiger partial charge on any atom is -0.395 e. The molecule has 0 saturated heterocycles. The largest absolute Gasteiger partial charge is 0.395 e. The zero-order valence-electron chi connectivity index (χ0n) is 7.38. The molecule has 0 aromatic carbocycles. The first-order valence-electron chi connectivity index (χ1n) is 4.04. The molecule has 0 aliphatic heterocycles. The zero-order valence-corrected chi connectivity index (χ0v) is 7.38. The van der Waals surface area contributed by atoms with Gasteiger partial charge in [-0.3, -0.25) is 0 Å². The monoisotopic (exact) mass is 161 g/mol. The first-order chi connectivity index (χ1) is 4.95. The second-order valence-electron chi connectivity index (χ2n) is 3.65. The van der Waals surface area contributed by atoms with Crippen LogP contribution in [0.15, 0.2) is 0 Å². The Morgan fingerprint density at radius 1 is 1.45 bits per heavy atom. The Hall–Kier alpha value is -0.120. The second-order valence-corrected chi connectivity index (χ2v) is 3.65. The molecule has 0 heterocycles. The lowest BCUT2D eigenvalue weighted by molar-refractivity contribution is 0.0670. The summed E-state index contributed by atoms with van der Waals surface area (Å²) in [6.07, 6.45) is 2.38. The Bertz CT molecular complexity index is 98.8. The smallest absolute Gasteiger partial charge is 0.0591 e. The SMILES string of the molecule is CC(C)(O)CCC[C@@H](N)CO. The standard InChI is InChI=1S/C8H19NO2/c1-8(2,11)5-3-4-7(9)6-10/h7,10-11H,3-6,9H2,1-2H3/t7-/m1/s1.